The summed E-state index contributed by atoms with van der Waals surface area (Å²) >= 11 is 0. The van der Waals surface area contributed by atoms with Gasteiger partial charge in [-0.25, -0.2) is 14.8 Å². The number of carbonyl (C=O) groups excluding carboxylic acids is 2. The second-order valence-corrected chi connectivity index (χ2v) is 6.25. The summed E-state index contributed by atoms with van der Waals surface area (Å²) in [5, 5.41) is 20.1. The number of nitro groups is 1. The van der Waals surface area contributed by atoms with Crippen LogP contribution in [0, 0.1) is 10.1 Å². The Hall–Kier alpha value is -4.54. The standard InChI is InChI=1S/C20H18N6O5/c1-12(27)23-14-7-9-16(10-8-14)25-19-17(26(29)30)18(21-11-22-19)24-15-5-3-13(4-6-15)20(28)31-2/h3-11H,1-2H3,(H,23,27)(H2,21,22,24,25). The molecule has 0 aliphatic rings. The average Bonchev–Trinajstić information content (AvgIpc) is 2.74. The van der Waals surface area contributed by atoms with Crippen LogP contribution < -0.4 is 16.0 Å². The molecule has 0 atom stereocenters. The van der Waals surface area contributed by atoms with Crippen molar-refractivity contribution >= 4 is 46.3 Å². The van der Waals surface area contributed by atoms with E-state index in [1.165, 1.54) is 32.5 Å². The van der Waals surface area contributed by atoms with Crippen molar-refractivity contribution in [1.29, 1.82) is 0 Å². The number of nitrogens with zero attached hydrogens (tertiary/aromatic N) is 3. The van der Waals surface area contributed by atoms with E-state index in [4.69, 9.17) is 0 Å². The number of nitrogens with one attached hydrogen (secondary N) is 3. The quantitative estimate of drug-likeness (QED) is 0.295. The van der Waals surface area contributed by atoms with E-state index in [-0.39, 0.29) is 23.2 Å². The SMILES string of the molecule is COC(=O)c1ccc(Nc2ncnc(Nc3ccc(NC(C)=O)cc3)c2[N+](=O)[O-])cc1. The third-order valence-electron chi connectivity index (χ3n) is 4.04. The number of carbonyl (C=O) groups is 2. The monoisotopic (exact) mass is 422 g/mol. The summed E-state index contributed by atoms with van der Waals surface area (Å²) in [5.41, 5.74) is 1.60. The van der Waals surface area contributed by atoms with E-state index >= 15 is 0 Å². The molecule has 0 aliphatic heterocycles. The second-order valence-electron chi connectivity index (χ2n) is 6.25. The van der Waals surface area contributed by atoms with E-state index in [0.29, 0.717) is 22.6 Å². The number of hydrogen-bond acceptors (Lipinski definition) is 9. The molecule has 0 bridgehead atoms. The molecule has 0 saturated heterocycles. The lowest BCUT2D eigenvalue weighted by Crippen LogP contribution is -2.07. The average molecular weight is 422 g/mol. The fraction of sp³-hybridized carbons (Fsp3) is 0.100. The first-order chi connectivity index (χ1) is 14.9. The Morgan fingerprint density at radius 1 is 0.903 bits per heavy atom. The van der Waals surface area contributed by atoms with Crippen molar-refractivity contribution in [2.45, 2.75) is 6.92 Å². The highest BCUT2D eigenvalue weighted by molar-refractivity contribution is 5.90. The van der Waals surface area contributed by atoms with Gasteiger partial charge in [0.05, 0.1) is 17.6 Å². The minimum Gasteiger partial charge on any atom is -0.465 e. The number of esters is 1. The third kappa shape index (κ3) is 5.29. The Bertz CT molecular complexity index is 1120. The van der Waals surface area contributed by atoms with Crippen LogP contribution in [0.4, 0.5) is 34.4 Å². The lowest BCUT2D eigenvalue weighted by atomic mass is 10.2. The van der Waals surface area contributed by atoms with E-state index in [0.717, 1.165) is 0 Å². The summed E-state index contributed by atoms with van der Waals surface area (Å²) in [6.07, 6.45) is 1.19. The van der Waals surface area contributed by atoms with Gasteiger partial charge in [-0.1, -0.05) is 0 Å². The Balaban J connectivity index is 1.85. The number of hydrogen-bond donors (Lipinski definition) is 3. The van der Waals surface area contributed by atoms with Crippen molar-refractivity contribution in [2.24, 2.45) is 0 Å². The molecule has 3 aromatic rings. The second kappa shape index (κ2) is 9.31. The molecule has 3 rings (SSSR count). The Kier molecular flexibility index (Phi) is 6.36. The van der Waals surface area contributed by atoms with E-state index in [9.17, 15) is 19.7 Å². The van der Waals surface area contributed by atoms with Crippen LogP contribution in [-0.4, -0.2) is 33.9 Å². The number of anilines is 5. The molecule has 1 aromatic heterocycles. The van der Waals surface area contributed by atoms with Crippen LogP contribution in [0.2, 0.25) is 0 Å². The molecule has 0 fully saturated rings. The van der Waals surface area contributed by atoms with Crippen molar-refractivity contribution in [2.75, 3.05) is 23.1 Å². The topological polar surface area (TPSA) is 148 Å². The van der Waals surface area contributed by atoms with Gasteiger partial charge in [-0.3, -0.25) is 14.9 Å². The maximum Gasteiger partial charge on any atom is 0.353 e. The first kappa shape index (κ1) is 21.2. The van der Waals surface area contributed by atoms with Crippen LogP contribution >= 0.6 is 0 Å². The van der Waals surface area contributed by atoms with Crippen LogP contribution in [0.25, 0.3) is 0 Å². The first-order valence-corrected chi connectivity index (χ1v) is 8.97. The normalized spacial score (nSPS) is 10.1. The largest absolute Gasteiger partial charge is 0.465 e. The lowest BCUT2D eigenvalue weighted by molar-refractivity contribution is -0.383. The zero-order valence-electron chi connectivity index (χ0n) is 16.6. The smallest absolute Gasteiger partial charge is 0.353 e. The maximum absolute atomic E-state index is 11.7. The number of benzene rings is 2. The van der Waals surface area contributed by atoms with Crippen LogP contribution in [0.5, 0.6) is 0 Å². The Labute approximate surface area is 176 Å². The molecular formula is C20H18N6O5. The predicted molar refractivity (Wildman–Crippen MR) is 114 cm³/mol. The number of ether oxygens (including phenoxy) is 1. The highest BCUT2D eigenvalue weighted by Gasteiger charge is 2.23. The van der Waals surface area contributed by atoms with Gasteiger partial charge < -0.3 is 20.7 Å². The predicted octanol–water partition coefficient (Wildman–Crippen LogP) is 3.62. The molecule has 0 spiro atoms. The number of rotatable bonds is 7. The van der Waals surface area contributed by atoms with Gasteiger partial charge in [0.1, 0.15) is 6.33 Å². The molecule has 3 N–H and O–H groups in total. The molecule has 0 radical (unpaired) electrons. The van der Waals surface area contributed by atoms with Gasteiger partial charge in [0, 0.05) is 24.0 Å². The highest BCUT2D eigenvalue weighted by atomic mass is 16.6. The molecule has 2 aromatic carbocycles. The first-order valence-electron chi connectivity index (χ1n) is 8.97. The van der Waals surface area contributed by atoms with Gasteiger partial charge in [0.15, 0.2) is 0 Å². The van der Waals surface area contributed by atoms with Crippen LogP contribution in [-0.2, 0) is 9.53 Å². The van der Waals surface area contributed by atoms with Crippen molar-refractivity contribution in [3.8, 4) is 0 Å². The van der Waals surface area contributed by atoms with Gasteiger partial charge in [-0.2, -0.15) is 0 Å². The van der Waals surface area contributed by atoms with Crippen LogP contribution in [0.3, 0.4) is 0 Å². The summed E-state index contributed by atoms with van der Waals surface area (Å²) in [7, 11) is 1.28. The van der Waals surface area contributed by atoms with E-state index < -0.39 is 10.9 Å². The summed E-state index contributed by atoms with van der Waals surface area (Å²) in [5.74, 6) is -0.734. The van der Waals surface area contributed by atoms with Crippen LogP contribution in [0.15, 0.2) is 54.9 Å². The molecule has 0 unspecified atom stereocenters. The minimum absolute atomic E-state index is 0.0130. The molecule has 11 nitrogen and oxygen atoms in total. The summed E-state index contributed by atoms with van der Waals surface area (Å²) in [6.45, 7) is 1.40. The minimum atomic E-state index is -0.598. The third-order valence-corrected chi connectivity index (χ3v) is 4.04. The number of amides is 1. The number of aromatic nitrogens is 2. The van der Waals surface area contributed by atoms with E-state index in [1.807, 2.05) is 0 Å². The summed E-state index contributed by atoms with van der Waals surface area (Å²) in [6, 6.07) is 12.8. The summed E-state index contributed by atoms with van der Waals surface area (Å²) in [4.78, 5) is 41.7. The zero-order chi connectivity index (χ0) is 22.4. The van der Waals surface area contributed by atoms with Gasteiger partial charge in [0.25, 0.3) is 0 Å². The zero-order valence-corrected chi connectivity index (χ0v) is 16.6. The van der Waals surface area contributed by atoms with Crippen molar-refractivity contribution in [3.05, 3.63) is 70.5 Å². The van der Waals surface area contributed by atoms with Gasteiger partial charge in [-0.05, 0) is 48.5 Å². The van der Waals surface area contributed by atoms with Gasteiger partial charge >= 0.3 is 11.7 Å². The maximum atomic E-state index is 11.7. The molecule has 1 amide bonds. The molecule has 1 heterocycles. The molecule has 0 aliphatic carbocycles. The fourth-order valence-corrected chi connectivity index (χ4v) is 2.66. The molecule has 11 heteroatoms. The Morgan fingerprint density at radius 3 is 1.84 bits per heavy atom. The number of methoxy groups -OCH3 is 1. The van der Waals surface area contributed by atoms with Gasteiger partial charge in [-0.15, -0.1) is 0 Å². The molecule has 158 valence electrons. The van der Waals surface area contributed by atoms with E-state index in [2.05, 4.69) is 30.7 Å². The molecule has 31 heavy (non-hydrogen) atoms. The fourth-order valence-electron chi connectivity index (χ4n) is 2.66. The lowest BCUT2D eigenvalue weighted by Gasteiger charge is -2.11. The molecule has 0 saturated carbocycles. The van der Waals surface area contributed by atoms with Crippen molar-refractivity contribution in [1.82, 2.24) is 9.97 Å². The van der Waals surface area contributed by atoms with Crippen LogP contribution in [0.1, 0.15) is 17.3 Å². The molecular weight excluding hydrogens is 404 g/mol. The Morgan fingerprint density at radius 2 is 1.39 bits per heavy atom. The van der Waals surface area contributed by atoms with Crippen molar-refractivity contribution in [3.63, 3.8) is 0 Å². The van der Waals surface area contributed by atoms with Gasteiger partial charge in [0.2, 0.25) is 17.5 Å². The van der Waals surface area contributed by atoms with Crippen molar-refractivity contribution < 1.29 is 19.2 Å². The van der Waals surface area contributed by atoms with E-state index in [1.54, 1.807) is 36.4 Å². The highest BCUT2D eigenvalue weighted by Crippen LogP contribution is 2.33. The summed E-state index contributed by atoms with van der Waals surface area (Å²) < 4.78 is 4.65.